The number of thioether (sulfide) groups is 1. The molecule has 2 nitrogen and oxygen atoms in total. The number of aryl methyl sites for hydroxylation is 2. The van der Waals surface area contributed by atoms with E-state index in [0.717, 1.165) is 6.54 Å². The first-order valence-corrected chi connectivity index (χ1v) is 9.25. The molecule has 0 aromatic heterocycles. The van der Waals surface area contributed by atoms with E-state index in [1.54, 1.807) is 11.8 Å². The van der Waals surface area contributed by atoms with Gasteiger partial charge in [0.25, 0.3) is 0 Å². The van der Waals surface area contributed by atoms with E-state index in [2.05, 4.69) is 48.6 Å². The molecule has 2 aromatic rings. The number of nitrogens with one attached hydrogen (secondary N) is 1. The number of rotatable bonds is 5. The van der Waals surface area contributed by atoms with Gasteiger partial charge in [-0.1, -0.05) is 42.5 Å². The molecule has 0 heterocycles. The Hall–Kier alpha value is -1.74. The van der Waals surface area contributed by atoms with Crippen molar-refractivity contribution in [3.05, 3.63) is 65.2 Å². The van der Waals surface area contributed by atoms with Gasteiger partial charge >= 0.3 is 0 Å². The number of carbonyl (C=O) groups is 1. The summed E-state index contributed by atoms with van der Waals surface area (Å²) in [6.07, 6.45) is 3.56. The van der Waals surface area contributed by atoms with Gasteiger partial charge < -0.3 is 5.32 Å². The Morgan fingerprint density at radius 1 is 1.17 bits per heavy atom. The van der Waals surface area contributed by atoms with Gasteiger partial charge in [-0.2, -0.15) is 0 Å². The van der Waals surface area contributed by atoms with Crippen molar-refractivity contribution in [3.63, 3.8) is 0 Å². The van der Waals surface area contributed by atoms with Crippen molar-refractivity contribution in [1.82, 2.24) is 5.32 Å². The van der Waals surface area contributed by atoms with E-state index < -0.39 is 0 Å². The molecule has 1 atom stereocenters. The summed E-state index contributed by atoms with van der Waals surface area (Å²) in [7, 11) is 0. The first-order chi connectivity index (χ1) is 11.2. The first-order valence-electron chi connectivity index (χ1n) is 8.27. The number of fused-ring (bicyclic) bond motifs is 1. The van der Waals surface area contributed by atoms with Crippen LogP contribution in [0.15, 0.2) is 53.4 Å². The second kappa shape index (κ2) is 7.69. The lowest BCUT2D eigenvalue weighted by atomic mass is 9.83. The minimum absolute atomic E-state index is 0.126. The van der Waals surface area contributed by atoms with Crippen molar-refractivity contribution in [1.29, 1.82) is 0 Å². The fourth-order valence-electron chi connectivity index (χ4n) is 3.22. The first kappa shape index (κ1) is 16.1. The van der Waals surface area contributed by atoms with Crippen LogP contribution < -0.4 is 5.32 Å². The van der Waals surface area contributed by atoms with Gasteiger partial charge in [-0.05, 0) is 48.9 Å². The van der Waals surface area contributed by atoms with Gasteiger partial charge in [-0.3, -0.25) is 4.79 Å². The third-order valence-corrected chi connectivity index (χ3v) is 5.67. The molecule has 0 saturated heterocycles. The molecule has 0 aliphatic heterocycles. The van der Waals surface area contributed by atoms with E-state index in [-0.39, 0.29) is 5.91 Å². The fraction of sp³-hybridized carbons (Fsp3) is 0.350. The monoisotopic (exact) mass is 325 g/mol. The normalized spacial score (nSPS) is 16.7. The molecule has 3 rings (SSSR count). The van der Waals surface area contributed by atoms with E-state index in [1.807, 2.05) is 12.1 Å². The number of hydrogen-bond acceptors (Lipinski definition) is 2. The van der Waals surface area contributed by atoms with Crippen LogP contribution in [0.5, 0.6) is 0 Å². The fourth-order valence-corrected chi connectivity index (χ4v) is 4.08. The Balaban J connectivity index is 1.51. The maximum Gasteiger partial charge on any atom is 0.230 e. The molecule has 1 amide bonds. The predicted octanol–water partition coefficient (Wildman–Crippen LogP) is 4.32. The van der Waals surface area contributed by atoms with Crippen LogP contribution in [0.2, 0.25) is 0 Å². The van der Waals surface area contributed by atoms with Crippen LogP contribution in [0.25, 0.3) is 0 Å². The molecule has 1 unspecified atom stereocenters. The molecular formula is C20H23NOS. The largest absolute Gasteiger partial charge is 0.355 e. The standard InChI is InChI=1S/C20H23NOS/c1-15-7-2-5-12-19(15)23-14-20(22)21-13-17-10-6-9-16-8-3-4-11-18(16)17/h2-5,7-8,11-12,17H,6,9-10,13-14H2,1H3,(H,21,22). The molecule has 1 aliphatic rings. The molecular weight excluding hydrogens is 302 g/mol. The van der Waals surface area contributed by atoms with Crippen LogP contribution in [-0.2, 0) is 11.2 Å². The summed E-state index contributed by atoms with van der Waals surface area (Å²) in [5, 5.41) is 3.12. The molecule has 120 valence electrons. The minimum Gasteiger partial charge on any atom is -0.355 e. The summed E-state index contributed by atoms with van der Waals surface area (Å²) in [6, 6.07) is 16.9. The molecule has 0 saturated carbocycles. The van der Waals surface area contributed by atoms with Gasteiger partial charge in [-0.25, -0.2) is 0 Å². The summed E-state index contributed by atoms with van der Waals surface area (Å²) in [5.41, 5.74) is 4.10. The smallest absolute Gasteiger partial charge is 0.230 e. The van der Waals surface area contributed by atoms with E-state index in [1.165, 1.54) is 40.8 Å². The molecule has 0 bridgehead atoms. The Kier molecular flexibility index (Phi) is 5.39. The average Bonchev–Trinajstić information content (AvgIpc) is 2.59. The zero-order valence-corrected chi connectivity index (χ0v) is 14.4. The summed E-state index contributed by atoms with van der Waals surface area (Å²) >= 11 is 1.62. The molecule has 3 heteroatoms. The highest BCUT2D eigenvalue weighted by Gasteiger charge is 2.20. The molecule has 1 N–H and O–H groups in total. The quantitative estimate of drug-likeness (QED) is 0.829. The predicted molar refractivity (Wildman–Crippen MR) is 97.0 cm³/mol. The topological polar surface area (TPSA) is 29.1 Å². The van der Waals surface area contributed by atoms with Crippen molar-refractivity contribution < 1.29 is 4.79 Å². The number of hydrogen-bond donors (Lipinski definition) is 1. The zero-order valence-electron chi connectivity index (χ0n) is 13.5. The van der Waals surface area contributed by atoms with Crippen LogP contribution in [0.1, 0.15) is 35.4 Å². The summed E-state index contributed by atoms with van der Waals surface area (Å²) in [4.78, 5) is 13.3. The van der Waals surface area contributed by atoms with Crippen LogP contribution in [0, 0.1) is 6.92 Å². The van der Waals surface area contributed by atoms with Gasteiger partial charge in [0.15, 0.2) is 0 Å². The van der Waals surface area contributed by atoms with Crippen molar-refractivity contribution >= 4 is 17.7 Å². The zero-order chi connectivity index (χ0) is 16.1. The second-order valence-corrected chi connectivity index (χ2v) is 7.16. The third kappa shape index (κ3) is 4.17. The van der Waals surface area contributed by atoms with E-state index in [0.29, 0.717) is 11.7 Å². The van der Waals surface area contributed by atoms with Crippen LogP contribution in [-0.4, -0.2) is 18.2 Å². The van der Waals surface area contributed by atoms with Gasteiger partial charge in [0.05, 0.1) is 5.75 Å². The Bertz CT molecular complexity index is 683. The Labute approximate surface area is 142 Å². The molecule has 2 aromatic carbocycles. The second-order valence-electron chi connectivity index (χ2n) is 6.15. The number of benzene rings is 2. The molecule has 0 fully saturated rings. The van der Waals surface area contributed by atoms with Gasteiger partial charge in [0.1, 0.15) is 0 Å². The maximum absolute atomic E-state index is 12.2. The summed E-state index contributed by atoms with van der Waals surface area (Å²) in [6.45, 7) is 2.84. The molecule has 0 radical (unpaired) electrons. The van der Waals surface area contributed by atoms with Crippen LogP contribution in [0.3, 0.4) is 0 Å². The summed E-state index contributed by atoms with van der Waals surface area (Å²) < 4.78 is 0. The Morgan fingerprint density at radius 3 is 2.83 bits per heavy atom. The SMILES string of the molecule is Cc1ccccc1SCC(=O)NCC1CCCc2ccccc21. The third-order valence-electron chi connectivity index (χ3n) is 4.49. The van der Waals surface area contributed by atoms with E-state index in [9.17, 15) is 4.79 Å². The number of amides is 1. The lowest BCUT2D eigenvalue weighted by molar-refractivity contribution is -0.118. The van der Waals surface area contributed by atoms with Crippen molar-refractivity contribution in [2.24, 2.45) is 0 Å². The highest BCUT2D eigenvalue weighted by atomic mass is 32.2. The van der Waals surface area contributed by atoms with Crippen LogP contribution in [0.4, 0.5) is 0 Å². The van der Waals surface area contributed by atoms with E-state index in [4.69, 9.17) is 0 Å². The van der Waals surface area contributed by atoms with Gasteiger partial charge in [-0.15, -0.1) is 11.8 Å². The van der Waals surface area contributed by atoms with Crippen LogP contribution >= 0.6 is 11.8 Å². The minimum atomic E-state index is 0.126. The molecule has 1 aliphatic carbocycles. The number of carbonyl (C=O) groups excluding carboxylic acids is 1. The molecule has 23 heavy (non-hydrogen) atoms. The lowest BCUT2D eigenvalue weighted by Gasteiger charge is -2.25. The van der Waals surface area contributed by atoms with Crippen molar-refractivity contribution in [2.75, 3.05) is 12.3 Å². The van der Waals surface area contributed by atoms with E-state index >= 15 is 0 Å². The lowest BCUT2D eigenvalue weighted by Crippen LogP contribution is -2.31. The van der Waals surface area contributed by atoms with Crippen molar-refractivity contribution in [2.45, 2.75) is 37.0 Å². The Morgan fingerprint density at radius 2 is 1.96 bits per heavy atom. The molecule has 0 spiro atoms. The van der Waals surface area contributed by atoms with Gasteiger partial charge in [0.2, 0.25) is 5.91 Å². The highest BCUT2D eigenvalue weighted by molar-refractivity contribution is 8.00. The van der Waals surface area contributed by atoms with Crippen molar-refractivity contribution in [3.8, 4) is 0 Å². The van der Waals surface area contributed by atoms with Gasteiger partial charge in [0, 0.05) is 17.4 Å². The highest BCUT2D eigenvalue weighted by Crippen LogP contribution is 2.30. The maximum atomic E-state index is 12.2. The average molecular weight is 325 g/mol. The summed E-state index contributed by atoms with van der Waals surface area (Å²) in [5.74, 6) is 1.08.